The largest absolute Gasteiger partial charge is 0.375 e. The average molecular weight is 263 g/mol. The van der Waals surface area contributed by atoms with Crippen LogP contribution in [0, 0.1) is 0 Å². The molecule has 0 spiro atoms. The van der Waals surface area contributed by atoms with Gasteiger partial charge in [0.2, 0.25) is 0 Å². The van der Waals surface area contributed by atoms with E-state index in [1.165, 1.54) is 0 Å². The quantitative estimate of drug-likeness (QED) is 0.899. The van der Waals surface area contributed by atoms with Crippen molar-refractivity contribution in [2.45, 2.75) is 26.4 Å². The van der Waals surface area contributed by atoms with E-state index >= 15 is 0 Å². The van der Waals surface area contributed by atoms with Gasteiger partial charge < -0.3 is 15.0 Å². The van der Waals surface area contributed by atoms with Crippen molar-refractivity contribution in [2.24, 2.45) is 0 Å². The fourth-order valence-electron chi connectivity index (χ4n) is 2.14. The van der Waals surface area contributed by atoms with E-state index in [-0.39, 0.29) is 12.0 Å². The van der Waals surface area contributed by atoms with E-state index in [1.807, 2.05) is 24.0 Å². The molecule has 0 aromatic carbocycles. The van der Waals surface area contributed by atoms with Crippen LogP contribution in [-0.4, -0.2) is 48.1 Å². The minimum absolute atomic E-state index is 0.0392. The SMILES string of the molecule is CCNc1ccc(C(=O)N2CCOC(CC)C2)cn1. The summed E-state index contributed by atoms with van der Waals surface area (Å²) in [6.45, 7) is 6.86. The second-order valence-electron chi connectivity index (χ2n) is 4.61. The fourth-order valence-corrected chi connectivity index (χ4v) is 2.14. The lowest BCUT2D eigenvalue weighted by Gasteiger charge is -2.32. The lowest BCUT2D eigenvalue weighted by atomic mass is 10.2. The number of hydrogen-bond acceptors (Lipinski definition) is 4. The van der Waals surface area contributed by atoms with Crippen molar-refractivity contribution in [1.82, 2.24) is 9.88 Å². The van der Waals surface area contributed by atoms with Crippen LogP contribution in [0.1, 0.15) is 30.6 Å². The van der Waals surface area contributed by atoms with Gasteiger partial charge in [-0.3, -0.25) is 4.79 Å². The van der Waals surface area contributed by atoms with Crippen molar-refractivity contribution in [3.63, 3.8) is 0 Å². The first-order chi connectivity index (χ1) is 9.24. The third-order valence-corrected chi connectivity index (χ3v) is 3.25. The number of aromatic nitrogens is 1. The van der Waals surface area contributed by atoms with E-state index in [0.717, 1.165) is 18.8 Å². The summed E-state index contributed by atoms with van der Waals surface area (Å²) >= 11 is 0. The molecule has 0 aliphatic carbocycles. The molecule has 1 aromatic heterocycles. The second-order valence-corrected chi connectivity index (χ2v) is 4.61. The van der Waals surface area contributed by atoms with Gasteiger partial charge in [-0.25, -0.2) is 4.98 Å². The third kappa shape index (κ3) is 3.44. The first kappa shape index (κ1) is 13.8. The first-order valence-corrected chi connectivity index (χ1v) is 6.85. The van der Waals surface area contributed by atoms with Crippen LogP contribution < -0.4 is 5.32 Å². The Balaban J connectivity index is 2.02. The number of morpholine rings is 1. The topological polar surface area (TPSA) is 54.5 Å². The predicted molar refractivity (Wildman–Crippen MR) is 74.3 cm³/mol. The van der Waals surface area contributed by atoms with Crippen LogP contribution in [0.15, 0.2) is 18.3 Å². The van der Waals surface area contributed by atoms with Gasteiger partial charge in [0.25, 0.3) is 5.91 Å². The fraction of sp³-hybridized carbons (Fsp3) is 0.571. The van der Waals surface area contributed by atoms with Gasteiger partial charge in [-0.05, 0) is 25.5 Å². The molecule has 5 heteroatoms. The highest BCUT2D eigenvalue weighted by atomic mass is 16.5. The Morgan fingerprint density at radius 3 is 3.00 bits per heavy atom. The minimum atomic E-state index is 0.0392. The molecular formula is C14H21N3O2. The zero-order valence-electron chi connectivity index (χ0n) is 11.6. The van der Waals surface area contributed by atoms with E-state index in [0.29, 0.717) is 25.3 Å². The van der Waals surface area contributed by atoms with E-state index in [2.05, 4.69) is 17.2 Å². The van der Waals surface area contributed by atoms with Gasteiger partial charge in [0.05, 0.1) is 18.3 Å². The number of ether oxygens (including phenoxy) is 1. The highest BCUT2D eigenvalue weighted by molar-refractivity contribution is 5.94. The maximum absolute atomic E-state index is 12.3. The molecule has 0 radical (unpaired) electrons. The zero-order chi connectivity index (χ0) is 13.7. The smallest absolute Gasteiger partial charge is 0.255 e. The van der Waals surface area contributed by atoms with Crippen molar-refractivity contribution >= 4 is 11.7 Å². The van der Waals surface area contributed by atoms with Gasteiger partial charge in [0.15, 0.2) is 0 Å². The second kappa shape index (κ2) is 6.52. The Morgan fingerprint density at radius 1 is 1.53 bits per heavy atom. The summed E-state index contributed by atoms with van der Waals surface area (Å²) in [6.07, 6.45) is 2.73. The summed E-state index contributed by atoms with van der Waals surface area (Å²) in [6, 6.07) is 3.66. The Kier molecular flexibility index (Phi) is 4.74. The summed E-state index contributed by atoms with van der Waals surface area (Å²) in [5, 5.41) is 3.11. The normalized spacial score (nSPS) is 19.3. The van der Waals surface area contributed by atoms with Crippen LogP contribution in [0.5, 0.6) is 0 Å². The molecule has 0 saturated carbocycles. The first-order valence-electron chi connectivity index (χ1n) is 6.85. The Bertz CT molecular complexity index is 419. The monoisotopic (exact) mass is 263 g/mol. The average Bonchev–Trinajstić information content (AvgIpc) is 2.48. The molecule has 1 atom stereocenters. The zero-order valence-corrected chi connectivity index (χ0v) is 11.6. The molecule has 1 N–H and O–H groups in total. The van der Waals surface area contributed by atoms with Crippen LogP contribution in [0.4, 0.5) is 5.82 Å². The molecule has 19 heavy (non-hydrogen) atoms. The van der Waals surface area contributed by atoms with Crippen molar-refractivity contribution in [1.29, 1.82) is 0 Å². The minimum Gasteiger partial charge on any atom is -0.375 e. The number of rotatable bonds is 4. The van der Waals surface area contributed by atoms with Crippen molar-refractivity contribution in [3.05, 3.63) is 23.9 Å². The number of anilines is 1. The maximum Gasteiger partial charge on any atom is 0.255 e. The van der Waals surface area contributed by atoms with Gasteiger partial charge in [0, 0.05) is 25.8 Å². The van der Waals surface area contributed by atoms with E-state index in [9.17, 15) is 4.79 Å². The Labute approximate surface area is 114 Å². The molecule has 1 unspecified atom stereocenters. The lowest BCUT2D eigenvalue weighted by Crippen LogP contribution is -2.45. The molecule has 2 heterocycles. The molecular weight excluding hydrogens is 242 g/mol. The van der Waals surface area contributed by atoms with Crippen molar-refractivity contribution < 1.29 is 9.53 Å². The molecule has 1 amide bonds. The molecule has 0 bridgehead atoms. The third-order valence-electron chi connectivity index (χ3n) is 3.25. The summed E-state index contributed by atoms with van der Waals surface area (Å²) < 4.78 is 5.57. The molecule has 2 rings (SSSR count). The summed E-state index contributed by atoms with van der Waals surface area (Å²) in [4.78, 5) is 18.4. The van der Waals surface area contributed by atoms with Crippen molar-refractivity contribution in [3.8, 4) is 0 Å². The highest BCUT2D eigenvalue weighted by Gasteiger charge is 2.24. The van der Waals surface area contributed by atoms with E-state index in [1.54, 1.807) is 6.20 Å². The number of nitrogens with zero attached hydrogens (tertiary/aromatic N) is 2. The van der Waals surface area contributed by atoms with Crippen molar-refractivity contribution in [2.75, 3.05) is 31.6 Å². The molecule has 1 saturated heterocycles. The molecule has 104 valence electrons. The van der Waals surface area contributed by atoms with Gasteiger partial charge >= 0.3 is 0 Å². The van der Waals surface area contributed by atoms with Crippen LogP contribution in [0.2, 0.25) is 0 Å². The summed E-state index contributed by atoms with van der Waals surface area (Å²) in [7, 11) is 0. The number of amides is 1. The number of nitrogens with one attached hydrogen (secondary N) is 1. The maximum atomic E-state index is 12.3. The lowest BCUT2D eigenvalue weighted by molar-refractivity contribution is -0.0226. The highest BCUT2D eigenvalue weighted by Crippen LogP contribution is 2.13. The van der Waals surface area contributed by atoms with Crippen LogP contribution >= 0.6 is 0 Å². The summed E-state index contributed by atoms with van der Waals surface area (Å²) in [5.74, 6) is 0.838. The van der Waals surface area contributed by atoms with Gasteiger partial charge in [-0.15, -0.1) is 0 Å². The van der Waals surface area contributed by atoms with Gasteiger partial charge in [0.1, 0.15) is 5.82 Å². The molecule has 1 aliphatic heterocycles. The Morgan fingerprint density at radius 2 is 2.37 bits per heavy atom. The molecule has 5 nitrogen and oxygen atoms in total. The van der Waals surface area contributed by atoms with Crippen LogP contribution in [-0.2, 0) is 4.74 Å². The number of carbonyl (C=O) groups excluding carboxylic acids is 1. The molecule has 1 aromatic rings. The number of hydrogen-bond donors (Lipinski definition) is 1. The van der Waals surface area contributed by atoms with E-state index in [4.69, 9.17) is 4.74 Å². The van der Waals surface area contributed by atoms with Gasteiger partial charge in [-0.1, -0.05) is 6.92 Å². The number of pyridine rings is 1. The number of carbonyl (C=O) groups is 1. The van der Waals surface area contributed by atoms with Crippen LogP contribution in [0.3, 0.4) is 0 Å². The molecule has 1 aliphatic rings. The van der Waals surface area contributed by atoms with Gasteiger partial charge in [-0.2, -0.15) is 0 Å². The summed E-state index contributed by atoms with van der Waals surface area (Å²) in [5.41, 5.74) is 0.637. The Hall–Kier alpha value is -1.62. The van der Waals surface area contributed by atoms with Crippen LogP contribution in [0.25, 0.3) is 0 Å². The standard InChI is InChI=1S/C14H21N3O2/c1-3-12-10-17(7-8-19-12)14(18)11-5-6-13(15-4-2)16-9-11/h5-6,9,12H,3-4,7-8,10H2,1-2H3,(H,15,16). The molecule has 1 fully saturated rings. The van der Waals surface area contributed by atoms with E-state index < -0.39 is 0 Å². The predicted octanol–water partition coefficient (Wildman–Crippen LogP) is 1.76.